The third-order valence-corrected chi connectivity index (χ3v) is 8.19. The highest BCUT2D eigenvalue weighted by molar-refractivity contribution is 7.21. The van der Waals surface area contributed by atoms with Crippen molar-refractivity contribution in [1.82, 2.24) is 24.8 Å². The molecule has 2 saturated carbocycles. The molecule has 2 aliphatic carbocycles. The van der Waals surface area contributed by atoms with E-state index in [2.05, 4.69) is 15.6 Å². The number of carbonyl (C=O) groups is 1. The van der Waals surface area contributed by atoms with Crippen LogP contribution in [0.3, 0.4) is 0 Å². The molecule has 0 radical (unpaired) electrons. The van der Waals surface area contributed by atoms with Gasteiger partial charge in [-0.3, -0.25) is 9.78 Å². The van der Waals surface area contributed by atoms with Crippen LogP contribution in [0.4, 0.5) is 11.8 Å². The second kappa shape index (κ2) is 10.0. The Morgan fingerprint density at radius 2 is 1.89 bits per heavy atom. The number of pyridine rings is 1. The standard InChI is InChI=1S/C27H37N7O3S/c1-13-19(25-31-21-17(38-25)9-10-28-20(21)14-7-8-14)24(32-26(29-13)33-27(2,3)4)30-16-11-15(22(36)23(16)37)12-18(35)34(5)6/h9-10,14-16,22-23,36-37H,7-8,11-12H2,1-6H3,(H2,29,30,32,33)/t15-,16-,22-,23+/m1/s1. The third-order valence-electron chi connectivity index (χ3n) is 7.15. The van der Waals surface area contributed by atoms with E-state index < -0.39 is 18.2 Å². The number of carbonyl (C=O) groups excluding carboxylic acids is 1. The molecule has 2 fully saturated rings. The molecule has 5 rings (SSSR count). The molecule has 2 aliphatic rings. The van der Waals surface area contributed by atoms with E-state index in [0.717, 1.165) is 45.0 Å². The largest absolute Gasteiger partial charge is 0.390 e. The summed E-state index contributed by atoms with van der Waals surface area (Å²) in [6.45, 7) is 8.04. The summed E-state index contributed by atoms with van der Waals surface area (Å²) in [5.74, 6) is 1.05. The van der Waals surface area contributed by atoms with E-state index in [4.69, 9.17) is 15.0 Å². The van der Waals surface area contributed by atoms with Crippen molar-refractivity contribution in [3.63, 3.8) is 0 Å². The van der Waals surface area contributed by atoms with Gasteiger partial charge in [-0.05, 0) is 58.9 Å². The van der Waals surface area contributed by atoms with E-state index in [1.54, 1.807) is 25.4 Å². The Labute approximate surface area is 226 Å². The molecule has 0 aliphatic heterocycles. The van der Waals surface area contributed by atoms with Crippen LogP contribution in [0.15, 0.2) is 12.3 Å². The fourth-order valence-corrected chi connectivity index (χ4v) is 6.08. The zero-order valence-electron chi connectivity index (χ0n) is 22.8. The first kappa shape index (κ1) is 26.7. The monoisotopic (exact) mass is 539 g/mol. The van der Waals surface area contributed by atoms with Gasteiger partial charge in [-0.15, -0.1) is 11.3 Å². The van der Waals surface area contributed by atoms with Crippen LogP contribution in [0, 0.1) is 12.8 Å². The molecule has 38 heavy (non-hydrogen) atoms. The number of aromatic nitrogens is 4. The molecular weight excluding hydrogens is 502 g/mol. The maximum absolute atomic E-state index is 12.3. The fraction of sp³-hybridized carbons (Fsp3) is 0.593. The molecule has 0 unspecified atom stereocenters. The molecular formula is C27H37N7O3S. The Balaban J connectivity index is 1.52. The Morgan fingerprint density at radius 3 is 2.55 bits per heavy atom. The van der Waals surface area contributed by atoms with E-state index in [9.17, 15) is 15.0 Å². The van der Waals surface area contributed by atoms with Crippen molar-refractivity contribution in [1.29, 1.82) is 0 Å². The number of aliphatic hydroxyl groups excluding tert-OH is 2. The Kier molecular flexibility index (Phi) is 7.04. The number of fused-ring (bicyclic) bond motifs is 1. The lowest BCUT2D eigenvalue weighted by atomic mass is 10.0. The molecule has 0 spiro atoms. The minimum atomic E-state index is -1.04. The van der Waals surface area contributed by atoms with Crippen LogP contribution in [-0.4, -0.2) is 78.8 Å². The average Bonchev–Trinajstić information content (AvgIpc) is 3.52. The summed E-state index contributed by atoms with van der Waals surface area (Å²) in [6.07, 6.45) is 2.68. The third kappa shape index (κ3) is 5.45. The summed E-state index contributed by atoms with van der Waals surface area (Å²) < 4.78 is 1.07. The molecule has 3 heterocycles. The van der Waals surface area contributed by atoms with Crippen LogP contribution < -0.4 is 10.6 Å². The first-order valence-electron chi connectivity index (χ1n) is 13.2. The van der Waals surface area contributed by atoms with Crippen LogP contribution in [0.2, 0.25) is 0 Å². The van der Waals surface area contributed by atoms with Crippen molar-refractivity contribution in [3.05, 3.63) is 23.7 Å². The van der Waals surface area contributed by atoms with Crippen LogP contribution in [-0.2, 0) is 4.79 Å². The van der Waals surface area contributed by atoms with Crippen molar-refractivity contribution >= 4 is 39.2 Å². The molecule has 204 valence electrons. The molecule has 1 amide bonds. The van der Waals surface area contributed by atoms with Gasteiger partial charge >= 0.3 is 0 Å². The number of hydrogen-bond donors (Lipinski definition) is 4. The quantitative estimate of drug-likeness (QED) is 0.355. The first-order chi connectivity index (χ1) is 17.9. The van der Waals surface area contributed by atoms with Crippen LogP contribution in [0.25, 0.3) is 20.8 Å². The van der Waals surface area contributed by atoms with Crippen molar-refractivity contribution in [3.8, 4) is 10.6 Å². The lowest BCUT2D eigenvalue weighted by Gasteiger charge is -2.24. The van der Waals surface area contributed by atoms with Gasteiger partial charge in [-0.1, -0.05) is 0 Å². The zero-order chi connectivity index (χ0) is 27.4. The Hall–Kier alpha value is -2.89. The summed E-state index contributed by atoms with van der Waals surface area (Å²) >= 11 is 1.57. The van der Waals surface area contributed by atoms with Gasteiger partial charge in [0, 0.05) is 38.2 Å². The number of nitrogens with zero attached hydrogens (tertiary/aromatic N) is 5. The summed E-state index contributed by atoms with van der Waals surface area (Å²) in [6, 6.07) is 1.50. The predicted molar refractivity (Wildman–Crippen MR) is 149 cm³/mol. The number of amides is 1. The van der Waals surface area contributed by atoms with E-state index in [1.165, 1.54) is 4.90 Å². The fourth-order valence-electron chi connectivity index (χ4n) is 5.01. The first-order valence-corrected chi connectivity index (χ1v) is 14.0. The van der Waals surface area contributed by atoms with E-state index >= 15 is 0 Å². The van der Waals surface area contributed by atoms with Gasteiger partial charge in [-0.2, -0.15) is 4.98 Å². The summed E-state index contributed by atoms with van der Waals surface area (Å²) in [5, 5.41) is 29.2. The minimum absolute atomic E-state index is 0.0771. The number of rotatable bonds is 7. The highest BCUT2D eigenvalue weighted by Crippen LogP contribution is 2.44. The van der Waals surface area contributed by atoms with Crippen LogP contribution in [0.1, 0.15) is 63.8 Å². The highest BCUT2D eigenvalue weighted by Gasteiger charge is 2.43. The van der Waals surface area contributed by atoms with Gasteiger partial charge in [0.05, 0.1) is 33.8 Å². The lowest BCUT2D eigenvalue weighted by molar-refractivity contribution is -0.130. The van der Waals surface area contributed by atoms with Crippen LogP contribution >= 0.6 is 11.3 Å². The van der Waals surface area contributed by atoms with Gasteiger partial charge < -0.3 is 25.7 Å². The molecule has 3 aromatic heterocycles. The normalized spacial score (nSPS) is 23.6. The number of anilines is 2. The van der Waals surface area contributed by atoms with Gasteiger partial charge in [0.25, 0.3) is 0 Å². The Morgan fingerprint density at radius 1 is 1.16 bits per heavy atom. The van der Waals surface area contributed by atoms with Crippen molar-refractivity contribution in [2.75, 3.05) is 24.7 Å². The van der Waals surface area contributed by atoms with Crippen molar-refractivity contribution in [2.24, 2.45) is 5.92 Å². The number of nitrogens with one attached hydrogen (secondary N) is 2. The maximum atomic E-state index is 12.3. The number of thiazole rings is 1. The predicted octanol–water partition coefficient (Wildman–Crippen LogP) is 3.55. The zero-order valence-corrected chi connectivity index (χ0v) is 23.6. The topological polar surface area (TPSA) is 136 Å². The molecule has 0 bridgehead atoms. The van der Waals surface area contributed by atoms with Crippen molar-refractivity contribution < 1.29 is 15.0 Å². The second-order valence-electron chi connectivity index (χ2n) is 11.8. The summed E-state index contributed by atoms with van der Waals surface area (Å²) in [5.41, 5.74) is 3.23. The molecule has 4 N–H and O–H groups in total. The Bertz CT molecular complexity index is 1350. The average molecular weight is 540 g/mol. The molecule has 0 saturated heterocycles. The number of aryl methyl sites for hydroxylation is 1. The smallest absolute Gasteiger partial charge is 0.225 e. The molecule has 10 nitrogen and oxygen atoms in total. The van der Waals surface area contributed by atoms with Gasteiger partial charge in [-0.25, -0.2) is 9.97 Å². The molecule has 4 atom stereocenters. The van der Waals surface area contributed by atoms with Gasteiger partial charge in [0.1, 0.15) is 22.4 Å². The minimum Gasteiger partial charge on any atom is -0.390 e. The number of hydrogen-bond acceptors (Lipinski definition) is 10. The second-order valence-corrected chi connectivity index (χ2v) is 12.8. The number of aliphatic hydroxyl groups is 2. The summed E-state index contributed by atoms with van der Waals surface area (Å²) in [4.78, 5) is 33.0. The highest BCUT2D eigenvalue weighted by atomic mass is 32.1. The molecule has 3 aromatic rings. The van der Waals surface area contributed by atoms with Crippen molar-refractivity contribution in [2.45, 2.75) is 83.1 Å². The van der Waals surface area contributed by atoms with E-state index in [1.807, 2.05) is 40.0 Å². The van der Waals surface area contributed by atoms with Gasteiger partial charge in [0.15, 0.2) is 0 Å². The lowest BCUT2D eigenvalue weighted by Crippen LogP contribution is -2.36. The molecule has 11 heteroatoms. The van der Waals surface area contributed by atoms with E-state index in [-0.39, 0.29) is 23.8 Å². The molecule has 0 aromatic carbocycles. The summed E-state index contributed by atoms with van der Waals surface area (Å²) in [7, 11) is 3.38. The van der Waals surface area contributed by atoms with E-state index in [0.29, 0.717) is 24.1 Å². The maximum Gasteiger partial charge on any atom is 0.225 e. The SMILES string of the molecule is Cc1nc(NC(C)(C)C)nc(N[C@@H]2C[C@H](CC(=O)N(C)C)[C@@H](O)[C@H]2O)c1-c1nc2c(C3CC3)nccc2s1. The van der Waals surface area contributed by atoms with Crippen LogP contribution in [0.5, 0.6) is 0 Å². The van der Waals surface area contributed by atoms with Gasteiger partial charge in [0.2, 0.25) is 11.9 Å².